The Labute approximate surface area is 74.4 Å². The van der Waals surface area contributed by atoms with Crippen LogP contribution in [0.25, 0.3) is 0 Å². The first-order valence-electron chi connectivity index (χ1n) is 3.77. The summed E-state index contributed by atoms with van der Waals surface area (Å²) in [5, 5.41) is 0. The average Bonchev–Trinajstić information content (AvgIpc) is 2.01. The fourth-order valence-corrected chi connectivity index (χ4v) is 0.708. The van der Waals surface area contributed by atoms with E-state index in [0.29, 0.717) is 18.9 Å². The molecule has 76 valence electrons. The molecular weight excluding hydrogens is 185 g/mol. The van der Waals surface area contributed by atoms with E-state index in [1.165, 1.54) is 7.11 Å². The molecule has 0 aromatic rings. The molecule has 0 atom stereocenters. The number of alkyl halides is 3. The Morgan fingerprint density at radius 2 is 2.00 bits per heavy atom. The topological polar surface area (TPSA) is 26.3 Å². The van der Waals surface area contributed by atoms with Crippen molar-refractivity contribution in [3.05, 3.63) is 11.8 Å². The Hall–Kier alpha value is -1.00. The quantitative estimate of drug-likeness (QED) is 0.510. The maximum atomic E-state index is 11.7. The molecule has 0 saturated heterocycles. The van der Waals surface area contributed by atoms with Crippen molar-refractivity contribution < 1.29 is 22.7 Å². The third-order valence-corrected chi connectivity index (χ3v) is 1.33. The van der Waals surface area contributed by atoms with Crippen molar-refractivity contribution in [1.29, 1.82) is 0 Å². The second kappa shape index (κ2) is 4.89. The zero-order valence-corrected chi connectivity index (χ0v) is 7.44. The minimum atomic E-state index is -4.81. The highest BCUT2D eigenvalue weighted by molar-refractivity contribution is 5.94. The SMILES string of the molecule is CCC/C(=C/C(=O)C(F)(F)F)OC. The Morgan fingerprint density at radius 3 is 2.31 bits per heavy atom. The number of ketones is 1. The Balaban J connectivity index is 4.42. The van der Waals surface area contributed by atoms with E-state index in [1.54, 1.807) is 6.92 Å². The van der Waals surface area contributed by atoms with Crippen LogP contribution in [-0.4, -0.2) is 19.1 Å². The number of hydrogen-bond acceptors (Lipinski definition) is 2. The molecule has 0 unspecified atom stereocenters. The minimum absolute atomic E-state index is 0.0600. The van der Waals surface area contributed by atoms with E-state index in [-0.39, 0.29) is 5.76 Å². The van der Waals surface area contributed by atoms with Gasteiger partial charge in [0, 0.05) is 12.5 Å². The normalized spacial score (nSPS) is 12.8. The highest BCUT2D eigenvalue weighted by atomic mass is 19.4. The van der Waals surface area contributed by atoms with Gasteiger partial charge in [-0.25, -0.2) is 0 Å². The number of hydrogen-bond donors (Lipinski definition) is 0. The molecule has 0 heterocycles. The fraction of sp³-hybridized carbons (Fsp3) is 0.625. The molecule has 5 heteroatoms. The lowest BCUT2D eigenvalue weighted by molar-refractivity contribution is -0.165. The lowest BCUT2D eigenvalue weighted by Crippen LogP contribution is -2.20. The van der Waals surface area contributed by atoms with Crippen LogP contribution < -0.4 is 0 Å². The van der Waals surface area contributed by atoms with Crippen LogP contribution in [0.15, 0.2) is 11.8 Å². The summed E-state index contributed by atoms with van der Waals surface area (Å²) < 4.78 is 39.8. The molecule has 0 aliphatic heterocycles. The Bertz CT molecular complexity index is 206. The molecule has 0 amide bonds. The van der Waals surface area contributed by atoms with Gasteiger partial charge in [-0.15, -0.1) is 0 Å². The summed E-state index contributed by atoms with van der Waals surface area (Å²) in [6, 6.07) is 0. The van der Waals surface area contributed by atoms with Gasteiger partial charge >= 0.3 is 6.18 Å². The summed E-state index contributed by atoms with van der Waals surface area (Å²) in [6.07, 6.45) is -3.36. The van der Waals surface area contributed by atoms with Gasteiger partial charge in [0.15, 0.2) is 0 Å². The molecule has 0 N–H and O–H groups in total. The molecule has 0 radical (unpaired) electrons. The lowest BCUT2D eigenvalue weighted by atomic mass is 10.2. The van der Waals surface area contributed by atoms with E-state index in [9.17, 15) is 18.0 Å². The highest BCUT2D eigenvalue weighted by Gasteiger charge is 2.36. The van der Waals surface area contributed by atoms with Crippen molar-refractivity contribution in [2.45, 2.75) is 25.9 Å². The first kappa shape index (κ1) is 12.0. The van der Waals surface area contributed by atoms with Crippen LogP contribution in [0, 0.1) is 0 Å². The van der Waals surface area contributed by atoms with E-state index >= 15 is 0 Å². The van der Waals surface area contributed by atoms with Crippen LogP contribution in [-0.2, 0) is 9.53 Å². The predicted octanol–water partition coefficient (Wildman–Crippen LogP) is 2.45. The van der Waals surface area contributed by atoms with Gasteiger partial charge in [-0.2, -0.15) is 13.2 Å². The summed E-state index contributed by atoms with van der Waals surface area (Å²) in [6.45, 7) is 1.78. The smallest absolute Gasteiger partial charge is 0.454 e. The molecule has 2 nitrogen and oxygen atoms in total. The fourth-order valence-electron chi connectivity index (χ4n) is 0.708. The molecule has 0 bridgehead atoms. The van der Waals surface area contributed by atoms with Gasteiger partial charge in [0.05, 0.1) is 12.9 Å². The minimum Gasteiger partial charge on any atom is -0.501 e. The number of methoxy groups -OCH3 is 1. The number of allylic oxidation sites excluding steroid dienone is 2. The van der Waals surface area contributed by atoms with E-state index in [2.05, 4.69) is 4.74 Å². The Kier molecular flexibility index (Phi) is 4.51. The molecular formula is C8H11F3O2. The zero-order chi connectivity index (χ0) is 10.5. The van der Waals surface area contributed by atoms with Gasteiger partial charge in [0.1, 0.15) is 0 Å². The second-order valence-corrected chi connectivity index (χ2v) is 2.43. The highest BCUT2D eigenvalue weighted by Crippen LogP contribution is 2.18. The number of rotatable bonds is 4. The first-order chi connectivity index (χ1) is 5.91. The van der Waals surface area contributed by atoms with Crippen LogP contribution in [0.2, 0.25) is 0 Å². The standard InChI is InChI=1S/C8H11F3O2/c1-3-4-6(13-2)5-7(12)8(9,10)11/h5H,3-4H2,1-2H3/b6-5-. The predicted molar refractivity (Wildman–Crippen MR) is 41.1 cm³/mol. The van der Waals surface area contributed by atoms with Gasteiger partial charge in [-0.3, -0.25) is 4.79 Å². The monoisotopic (exact) mass is 196 g/mol. The number of halogens is 3. The summed E-state index contributed by atoms with van der Waals surface area (Å²) in [7, 11) is 1.24. The van der Waals surface area contributed by atoms with Crippen LogP contribution in [0.5, 0.6) is 0 Å². The van der Waals surface area contributed by atoms with Crippen molar-refractivity contribution in [2.24, 2.45) is 0 Å². The average molecular weight is 196 g/mol. The van der Waals surface area contributed by atoms with Crippen molar-refractivity contribution in [3.8, 4) is 0 Å². The molecule has 0 aliphatic rings. The van der Waals surface area contributed by atoms with E-state index < -0.39 is 12.0 Å². The Morgan fingerprint density at radius 1 is 1.46 bits per heavy atom. The largest absolute Gasteiger partial charge is 0.501 e. The molecule has 0 aliphatic carbocycles. The third kappa shape index (κ3) is 4.55. The lowest BCUT2D eigenvalue weighted by Gasteiger charge is -2.05. The molecule has 0 fully saturated rings. The van der Waals surface area contributed by atoms with Gasteiger partial charge in [0.2, 0.25) is 0 Å². The number of ether oxygens (including phenoxy) is 1. The zero-order valence-electron chi connectivity index (χ0n) is 7.44. The van der Waals surface area contributed by atoms with Crippen LogP contribution in [0.3, 0.4) is 0 Å². The maximum absolute atomic E-state index is 11.7. The van der Waals surface area contributed by atoms with Gasteiger partial charge in [-0.05, 0) is 6.42 Å². The van der Waals surface area contributed by atoms with Crippen molar-refractivity contribution >= 4 is 5.78 Å². The molecule has 0 spiro atoms. The molecule has 0 aromatic carbocycles. The first-order valence-corrected chi connectivity index (χ1v) is 3.77. The number of carbonyl (C=O) groups is 1. The third-order valence-electron chi connectivity index (χ3n) is 1.33. The van der Waals surface area contributed by atoms with Gasteiger partial charge < -0.3 is 4.74 Å². The van der Waals surface area contributed by atoms with Gasteiger partial charge in [0.25, 0.3) is 5.78 Å². The summed E-state index contributed by atoms with van der Waals surface area (Å²) in [5.74, 6) is -1.82. The molecule has 0 aromatic heterocycles. The van der Waals surface area contributed by atoms with E-state index in [0.717, 1.165) is 0 Å². The van der Waals surface area contributed by atoms with Crippen LogP contribution >= 0.6 is 0 Å². The molecule has 0 rings (SSSR count). The van der Waals surface area contributed by atoms with Crippen LogP contribution in [0.4, 0.5) is 13.2 Å². The van der Waals surface area contributed by atoms with Crippen molar-refractivity contribution in [1.82, 2.24) is 0 Å². The second-order valence-electron chi connectivity index (χ2n) is 2.43. The molecule has 13 heavy (non-hydrogen) atoms. The summed E-state index contributed by atoms with van der Waals surface area (Å²) >= 11 is 0. The maximum Gasteiger partial charge on any atom is 0.454 e. The van der Waals surface area contributed by atoms with E-state index in [4.69, 9.17) is 0 Å². The van der Waals surface area contributed by atoms with Gasteiger partial charge in [-0.1, -0.05) is 6.92 Å². The number of carbonyl (C=O) groups excluding carboxylic acids is 1. The van der Waals surface area contributed by atoms with Crippen molar-refractivity contribution in [2.75, 3.05) is 7.11 Å². The summed E-state index contributed by atoms with van der Waals surface area (Å²) in [4.78, 5) is 10.4. The van der Waals surface area contributed by atoms with Crippen molar-refractivity contribution in [3.63, 3.8) is 0 Å². The molecule has 0 saturated carbocycles. The summed E-state index contributed by atoms with van der Waals surface area (Å²) in [5.41, 5.74) is 0. The van der Waals surface area contributed by atoms with Crippen LogP contribution in [0.1, 0.15) is 19.8 Å². The van der Waals surface area contributed by atoms with E-state index in [1.807, 2.05) is 0 Å².